The number of thiophene rings is 1. The van der Waals surface area contributed by atoms with Crippen molar-refractivity contribution < 1.29 is 9.50 Å². The molecule has 0 fully saturated rings. The molecule has 138 valence electrons. The number of hydrogen-bond donors (Lipinski definition) is 3. The fraction of sp³-hybridized carbons (Fsp3) is 0.389. The standard InChI is InChI=1S/C18H24FN3OS.HI/c1-3-20-17(21-10-8-14-6-4-5-7-16(14)19)22-13-18(2,23)15-9-11-24-12-15;/h4-7,9,11-12,23H,3,8,10,13H2,1-2H3,(H2,20,21,22);1H. The molecule has 0 bridgehead atoms. The van der Waals surface area contributed by atoms with Crippen molar-refractivity contribution in [2.75, 3.05) is 19.6 Å². The number of hydrogen-bond acceptors (Lipinski definition) is 3. The molecule has 1 heterocycles. The third kappa shape index (κ3) is 6.91. The minimum atomic E-state index is -1.01. The van der Waals surface area contributed by atoms with Gasteiger partial charge in [-0.25, -0.2) is 9.38 Å². The van der Waals surface area contributed by atoms with Gasteiger partial charge in [-0.3, -0.25) is 0 Å². The Morgan fingerprint density at radius 2 is 2.04 bits per heavy atom. The van der Waals surface area contributed by atoms with Crippen LogP contribution in [0.3, 0.4) is 0 Å². The molecule has 0 amide bonds. The summed E-state index contributed by atoms with van der Waals surface area (Å²) in [6.07, 6.45) is 0.567. The summed E-state index contributed by atoms with van der Waals surface area (Å²) in [5.74, 6) is 0.422. The van der Waals surface area contributed by atoms with Gasteiger partial charge in [0.2, 0.25) is 0 Å². The van der Waals surface area contributed by atoms with Gasteiger partial charge in [-0.15, -0.1) is 24.0 Å². The molecule has 1 atom stereocenters. The Morgan fingerprint density at radius 1 is 1.28 bits per heavy atom. The minimum absolute atomic E-state index is 0. The number of aliphatic hydroxyl groups is 1. The van der Waals surface area contributed by atoms with Crippen LogP contribution in [0.1, 0.15) is 25.0 Å². The minimum Gasteiger partial charge on any atom is -0.383 e. The maximum Gasteiger partial charge on any atom is 0.191 e. The van der Waals surface area contributed by atoms with Gasteiger partial charge in [-0.1, -0.05) is 18.2 Å². The van der Waals surface area contributed by atoms with Crippen molar-refractivity contribution in [3.63, 3.8) is 0 Å². The molecule has 0 radical (unpaired) electrons. The molecule has 0 aliphatic heterocycles. The first-order valence-corrected chi connectivity index (χ1v) is 8.98. The van der Waals surface area contributed by atoms with Crippen LogP contribution >= 0.6 is 35.3 Å². The lowest BCUT2D eigenvalue weighted by Crippen LogP contribution is -2.39. The van der Waals surface area contributed by atoms with Crippen LogP contribution in [0.2, 0.25) is 0 Å². The molecule has 4 nitrogen and oxygen atoms in total. The van der Waals surface area contributed by atoms with E-state index >= 15 is 0 Å². The number of aliphatic imine (C=N–C) groups is 1. The molecule has 2 rings (SSSR count). The van der Waals surface area contributed by atoms with Gasteiger partial charge in [-0.2, -0.15) is 11.3 Å². The van der Waals surface area contributed by atoms with E-state index in [4.69, 9.17) is 0 Å². The van der Waals surface area contributed by atoms with Crippen LogP contribution in [0.5, 0.6) is 0 Å². The van der Waals surface area contributed by atoms with Crippen molar-refractivity contribution in [1.82, 2.24) is 10.6 Å². The number of nitrogens with one attached hydrogen (secondary N) is 2. The topological polar surface area (TPSA) is 56.7 Å². The third-order valence-corrected chi connectivity index (χ3v) is 4.36. The van der Waals surface area contributed by atoms with E-state index in [0.29, 0.717) is 31.0 Å². The maximum atomic E-state index is 13.6. The summed E-state index contributed by atoms with van der Waals surface area (Å²) in [5, 5.41) is 20.7. The zero-order valence-electron chi connectivity index (χ0n) is 14.5. The monoisotopic (exact) mass is 477 g/mol. The second-order valence-electron chi connectivity index (χ2n) is 5.75. The number of nitrogens with zero attached hydrogens (tertiary/aromatic N) is 1. The van der Waals surface area contributed by atoms with E-state index in [9.17, 15) is 9.50 Å². The van der Waals surface area contributed by atoms with E-state index in [0.717, 1.165) is 5.56 Å². The molecule has 0 saturated carbocycles. The van der Waals surface area contributed by atoms with Crippen LogP contribution in [0, 0.1) is 5.82 Å². The van der Waals surface area contributed by atoms with Gasteiger partial charge in [0.15, 0.2) is 5.96 Å². The summed E-state index contributed by atoms with van der Waals surface area (Å²) in [6.45, 7) is 5.25. The highest BCUT2D eigenvalue weighted by molar-refractivity contribution is 14.0. The molecule has 3 N–H and O–H groups in total. The highest BCUT2D eigenvalue weighted by atomic mass is 127. The van der Waals surface area contributed by atoms with E-state index < -0.39 is 5.60 Å². The Morgan fingerprint density at radius 3 is 2.68 bits per heavy atom. The quantitative estimate of drug-likeness (QED) is 0.325. The summed E-state index contributed by atoms with van der Waals surface area (Å²) in [6, 6.07) is 8.66. The molecule has 7 heteroatoms. The largest absolute Gasteiger partial charge is 0.383 e. The van der Waals surface area contributed by atoms with E-state index in [1.165, 1.54) is 6.07 Å². The van der Waals surface area contributed by atoms with Crippen LogP contribution in [0.15, 0.2) is 46.1 Å². The van der Waals surface area contributed by atoms with E-state index in [1.54, 1.807) is 30.4 Å². The fourth-order valence-electron chi connectivity index (χ4n) is 2.25. The van der Waals surface area contributed by atoms with Crippen molar-refractivity contribution in [2.45, 2.75) is 25.9 Å². The van der Waals surface area contributed by atoms with Crippen LogP contribution in [-0.4, -0.2) is 30.7 Å². The van der Waals surface area contributed by atoms with Gasteiger partial charge in [0.1, 0.15) is 11.4 Å². The van der Waals surface area contributed by atoms with Gasteiger partial charge in [0, 0.05) is 13.1 Å². The van der Waals surface area contributed by atoms with Gasteiger partial charge in [-0.05, 0) is 54.3 Å². The molecule has 1 unspecified atom stereocenters. The van der Waals surface area contributed by atoms with Crippen LogP contribution in [-0.2, 0) is 12.0 Å². The fourth-order valence-corrected chi connectivity index (χ4v) is 3.04. The second kappa shape index (κ2) is 10.7. The molecular formula is C18H25FIN3OS. The molecule has 0 aliphatic carbocycles. The lowest BCUT2D eigenvalue weighted by molar-refractivity contribution is 0.0677. The molecule has 25 heavy (non-hydrogen) atoms. The summed E-state index contributed by atoms with van der Waals surface area (Å²) < 4.78 is 13.6. The van der Waals surface area contributed by atoms with Crippen molar-refractivity contribution >= 4 is 41.3 Å². The van der Waals surface area contributed by atoms with Crippen molar-refractivity contribution in [2.24, 2.45) is 4.99 Å². The van der Waals surface area contributed by atoms with Gasteiger partial charge in [0.05, 0.1) is 6.54 Å². The van der Waals surface area contributed by atoms with Crippen molar-refractivity contribution in [1.29, 1.82) is 0 Å². The first-order chi connectivity index (χ1) is 11.5. The zero-order valence-corrected chi connectivity index (χ0v) is 17.6. The molecule has 0 spiro atoms. The smallest absolute Gasteiger partial charge is 0.191 e. The van der Waals surface area contributed by atoms with Crippen molar-refractivity contribution in [3.05, 3.63) is 58.0 Å². The Bertz CT molecular complexity index is 662. The van der Waals surface area contributed by atoms with E-state index in [1.807, 2.05) is 29.8 Å². The summed E-state index contributed by atoms with van der Waals surface area (Å²) in [7, 11) is 0. The summed E-state index contributed by atoms with van der Waals surface area (Å²) in [5.41, 5.74) is 0.526. The Hall–Kier alpha value is -1.19. The van der Waals surface area contributed by atoms with Crippen LogP contribution in [0.25, 0.3) is 0 Å². The maximum absolute atomic E-state index is 13.6. The average Bonchev–Trinajstić information content (AvgIpc) is 3.10. The SMILES string of the molecule is CCNC(=NCC(C)(O)c1ccsc1)NCCc1ccccc1F.I. The number of rotatable bonds is 7. The molecule has 0 saturated heterocycles. The summed E-state index contributed by atoms with van der Waals surface area (Å²) in [4.78, 5) is 4.45. The molecule has 0 aliphatic rings. The highest BCUT2D eigenvalue weighted by Gasteiger charge is 2.23. The van der Waals surface area contributed by atoms with Crippen molar-refractivity contribution in [3.8, 4) is 0 Å². The molecule has 1 aromatic carbocycles. The summed E-state index contributed by atoms with van der Waals surface area (Å²) >= 11 is 1.55. The first-order valence-electron chi connectivity index (χ1n) is 8.03. The highest BCUT2D eigenvalue weighted by Crippen LogP contribution is 2.23. The zero-order chi connectivity index (χ0) is 17.4. The first kappa shape index (κ1) is 21.9. The number of halogens is 2. The van der Waals surface area contributed by atoms with Crippen LogP contribution in [0.4, 0.5) is 4.39 Å². The van der Waals surface area contributed by atoms with Crippen LogP contribution < -0.4 is 10.6 Å². The molecular weight excluding hydrogens is 452 g/mol. The Labute approximate surface area is 169 Å². The second-order valence-corrected chi connectivity index (χ2v) is 6.53. The normalized spacial score (nSPS) is 13.7. The number of benzene rings is 1. The molecule has 2 aromatic rings. The van der Waals surface area contributed by atoms with Gasteiger partial charge in [0.25, 0.3) is 0 Å². The van der Waals surface area contributed by atoms with E-state index in [-0.39, 0.29) is 36.3 Å². The lowest BCUT2D eigenvalue weighted by Gasteiger charge is -2.21. The predicted octanol–water partition coefficient (Wildman–Crippen LogP) is 3.51. The third-order valence-electron chi connectivity index (χ3n) is 3.68. The van der Waals surface area contributed by atoms with E-state index in [2.05, 4.69) is 15.6 Å². The lowest BCUT2D eigenvalue weighted by atomic mass is 10.00. The Balaban J connectivity index is 0.00000312. The Kier molecular flexibility index (Phi) is 9.37. The van der Waals surface area contributed by atoms with Gasteiger partial charge < -0.3 is 15.7 Å². The number of guanidine groups is 1. The van der Waals surface area contributed by atoms with Gasteiger partial charge >= 0.3 is 0 Å². The average molecular weight is 477 g/mol. The molecule has 1 aromatic heterocycles. The predicted molar refractivity (Wildman–Crippen MR) is 113 cm³/mol.